The molecule has 0 amide bonds. The van der Waals surface area contributed by atoms with Gasteiger partial charge in [0.25, 0.3) is 0 Å². The van der Waals surface area contributed by atoms with Crippen LogP contribution in [0.3, 0.4) is 0 Å². The lowest BCUT2D eigenvalue weighted by atomic mass is 9.90. The van der Waals surface area contributed by atoms with E-state index in [-0.39, 0.29) is 79.2 Å². The normalized spacial score (nSPS) is 11.4. The molecule has 0 aromatic heterocycles. The summed E-state index contributed by atoms with van der Waals surface area (Å²) in [5, 5.41) is 154. The Labute approximate surface area is 510 Å². The smallest absolute Gasteiger partial charge is 0.340 e. The number of rotatable bonds is 18. The summed E-state index contributed by atoms with van der Waals surface area (Å²) in [5.74, 6) is -13.7. The van der Waals surface area contributed by atoms with Crippen molar-refractivity contribution in [3.05, 3.63) is 177 Å². The molecule has 0 heterocycles. The number of carbonyl (C=O) groups is 8. The van der Waals surface area contributed by atoms with Crippen LogP contribution >= 0.6 is 0 Å². The van der Waals surface area contributed by atoms with Gasteiger partial charge in [0.05, 0.1) is 11.1 Å². The molecular formula is C66H60O24. The lowest BCUT2D eigenvalue weighted by Crippen LogP contribution is -2.25. The monoisotopic (exact) mass is 1240 g/mol. The summed E-state index contributed by atoms with van der Waals surface area (Å²) < 4.78 is 0. The highest BCUT2D eigenvalue weighted by Gasteiger charge is 2.30. The molecule has 0 spiro atoms. The number of aliphatic carboxylic acids is 2. The van der Waals surface area contributed by atoms with Crippen molar-refractivity contribution in [2.45, 2.75) is 47.0 Å². The number of Topliss-reactive ketones (excluding diaryl/α,β-unsaturated/α-hetero) is 1. The Hall–Kier alpha value is -12.1. The number of ketones is 4. The molecule has 0 radical (unpaired) electrons. The van der Waals surface area contributed by atoms with E-state index in [2.05, 4.69) is 0 Å². The minimum atomic E-state index is -1.53. The molecule has 0 saturated heterocycles. The van der Waals surface area contributed by atoms with Crippen LogP contribution in [0.1, 0.15) is 111 Å². The van der Waals surface area contributed by atoms with Crippen LogP contribution in [0, 0.1) is 17.8 Å². The van der Waals surface area contributed by atoms with Gasteiger partial charge in [-0.2, -0.15) is 0 Å². The maximum atomic E-state index is 13.3. The largest absolute Gasteiger partial charge is 0.508 e. The molecule has 0 aliphatic carbocycles. The molecule has 0 aliphatic rings. The Bertz CT molecular complexity index is 4190. The summed E-state index contributed by atoms with van der Waals surface area (Å²) in [6.45, 7) is 7.94. The first-order valence-electron chi connectivity index (χ1n) is 26.8. The molecule has 0 saturated carbocycles. The number of allylic oxidation sites excluding steroid dienone is 1. The van der Waals surface area contributed by atoms with Crippen molar-refractivity contribution in [3.63, 3.8) is 0 Å². The first kappa shape index (κ1) is 68.7. The molecule has 24 heteroatoms. The van der Waals surface area contributed by atoms with Crippen LogP contribution in [0.2, 0.25) is 0 Å². The average molecular weight is 1240 g/mol. The highest BCUT2D eigenvalue weighted by molar-refractivity contribution is 6.26. The van der Waals surface area contributed by atoms with Gasteiger partial charge in [0.1, 0.15) is 80.0 Å². The molecule has 8 aromatic rings. The molecular weight excluding hydrogens is 1180 g/mol. The van der Waals surface area contributed by atoms with E-state index in [1.807, 2.05) is 27.7 Å². The molecule has 1 unspecified atom stereocenters. The fourth-order valence-corrected chi connectivity index (χ4v) is 8.67. The van der Waals surface area contributed by atoms with Crippen molar-refractivity contribution in [2.24, 2.45) is 17.8 Å². The minimum absolute atomic E-state index is 0.0873. The van der Waals surface area contributed by atoms with Gasteiger partial charge in [-0.25, -0.2) is 14.4 Å². The summed E-state index contributed by atoms with van der Waals surface area (Å²) in [5.41, 5.74) is -2.66. The number of phenols is 12. The van der Waals surface area contributed by atoms with Gasteiger partial charge in [-0.15, -0.1) is 0 Å². The van der Waals surface area contributed by atoms with Crippen LogP contribution in [0.4, 0.5) is 0 Å². The van der Waals surface area contributed by atoms with Crippen LogP contribution in [0.5, 0.6) is 69.0 Å². The van der Waals surface area contributed by atoms with Crippen molar-refractivity contribution in [2.75, 3.05) is 0 Å². The molecule has 0 aliphatic heterocycles. The van der Waals surface area contributed by atoms with Gasteiger partial charge < -0.3 is 81.7 Å². The molecule has 90 heavy (non-hydrogen) atoms. The SMILES string of the molecule is CC(C)CCC(=O)C(CC(C)C)C(=O)O.O=C(O)C(=Cc1ccc(O)c(O)c1)C(=O)C=Cc1ccc(O)c(O)c1.O=C(O)c1c(O)cc2c(O)cccc2c1C(=O)c1cc2cccc(O)c2cc1O.O=C(O)c1ccc(O)c(C(=O)c2ccc(O)cc2O)c1O. The summed E-state index contributed by atoms with van der Waals surface area (Å²) in [6.07, 6.45) is 4.97. The summed E-state index contributed by atoms with van der Waals surface area (Å²) in [7, 11) is 0. The van der Waals surface area contributed by atoms with Gasteiger partial charge in [0, 0.05) is 28.8 Å². The fourth-order valence-electron chi connectivity index (χ4n) is 8.67. The van der Waals surface area contributed by atoms with Crippen LogP contribution < -0.4 is 0 Å². The van der Waals surface area contributed by atoms with E-state index in [9.17, 15) is 105 Å². The van der Waals surface area contributed by atoms with E-state index < -0.39 is 104 Å². The van der Waals surface area contributed by atoms with Gasteiger partial charge in [0.15, 0.2) is 34.6 Å². The van der Waals surface area contributed by atoms with Gasteiger partial charge in [-0.05, 0) is 138 Å². The topological polar surface area (TPSA) is 460 Å². The predicted octanol–water partition coefficient (Wildman–Crippen LogP) is 10.2. The van der Waals surface area contributed by atoms with Crippen molar-refractivity contribution in [1.82, 2.24) is 0 Å². The van der Waals surface area contributed by atoms with Crippen LogP contribution in [0.15, 0.2) is 133 Å². The number of phenolic OH excluding ortho intramolecular Hbond substituents is 10. The third-order valence-electron chi connectivity index (χ3n) is 13.2. The minimum Gasteiger partial charge on any atom is -0.508 e. The third-order valence-corrected chi connectivity index (χ3v) is 13.2. The summed E-state index contributed by atoms with van der Waals surface area (Å²) >= 11 is 0. The number of aromatic carboxylic acids is 2. The van der Waals surface area contributed by atoms with Crippen molar-refractivity contribution in [3.8, 4) is 69.0 Å². The van der Waals surface area contributed by atoms with E-state index in [4.69, 9.17) is 15.3 Å². The van der Waals surface area contributed by atoms with Crippen LogP contribution in [-0.2, 0) is 19.2 Å². The van der Waals surface area contributed by atoms with E-state index in [1.54, 1.807) is 12.1 Å². The quantitative estimate of drug-likeness (QED) is 0.0125. The van der Waals surface area contributed by atoms with E-state index in [0.29, 0.717) is 35.1 Å². The second-order valence-electron chi connectivity index (χ2n) is 20.7. The number of hydrogen-bond acceptors (Lipinski definition) is 20. The first-order valence-corrected chi connectivity index (χ1v) is 26.8. The van der Waals surface area contributed by atoms with Gasteiger partial charge in [0.2, 0.25) is 5.78 Å². The summed E-state index contributed by atoms with van der Waals surface area (Å²) in [6, 6.07) is 25.0. The zero-order chi connectivity index (χ0) is 67.2. The third kappa shape index (κ3) is 17.1. The van der Waals surface area contributed by atoms with Gasteiger partial charge >= 0.3 is 23.9 Å². The molecule has 16 N–H and O–H groups in total. The predicted molar refractivity (Wildman–Crippen MR) is 324 cm³/mol. The van der Waals surface area contributed by atoms with E-state index in [1.165, 1.54) is 72.8 Å². The Kier molecular flexibility index (Phi) is 22.8. The molecule has 8 aromatic carbocycles. The van der Waals surface area contributed by atoms with Crippen molar-refractivity contribution >= 4 is 80.7 Å². The number of benzene rings is 8. The maximum absolute atomic E-state index is 13.3. The number of fused-ring (bicyclic) bond motifs is 2. The second kappa shape index (κ2) is 29.8. The molecule has 24 nitrogen and oxygen atoms in total. The molecule has 8 rings (SSSR count). The lowest BCUT2D eigenvalue weighted by Gasteiger charge is -2.14. The standard InChI is InChI=1S/C22H14O7.C18H14O7.C14H10O7.C12H22O3/c23-15-5-1-3-10-7-14(17(25)8-12(10)15)21(27)19-11-4-2-6-16(24)13(11)9-18(26)20(19)22(28)29;19-13(4-1-10-2-5-14(20)16(22)8-10)12(18(24)25)7-11-3-6-15(21)17(23)9-11;15-6-1-2-7(10(17)5-6)12(18)11-9(16)4-3-8(13(11)19)14(20)21;1-8(2)5-6-11(13)10(12(14)15)7-9(3)4/h1-9,23-26H,(H,28,29);1-9,20-23H,(H,24,25);1-5,15-17,19H,(H,20,21);8-10H,5-7H2,1-4H3,(H,14,15). The molecule has 468 valence electrons. The molecule has 0 fully saturated rings. The number of carboxylic acids is 4. The maximum Gasteiger partial charge on any atom is 0.340 e. The Balaban J connectivity index is 0.000000224. The van der Waals surface area contributed by atoms with E-state index in [0.717, 1.165) is 61.0 Å². The Morgan fingerprint density at radius 1 is 0.433 bits per heavy atom. The van der Waals surface area contributed by atoms with Crippen LogP contribution in [0.25, 0.3) is 33.7 Å². The van der Waals surface area contributed by atoms with Crippen molar-refractivity contribution < 1.29 is 120 Å². The number of carbonyl (C=O) groups excluding carboxylic acids is 4. The first-order chi connectivity index (χ1) is 42.2. The second-order valence-corrected chi connectivity index (χ2v) is 20.7. The highest BCUT2D eigenvalue weighted by atomic mass is 16.4. The average Bonchev–Trinajstić information content (AvgIpc) is 0.769. The van der Waals surface area contributed by atoms with Gasteiger partial charge in [-0.1, -0.05) is 70.2 Å². The Morgan fingerprint density at radius 2 is 0.978 bits per heavy atom. The molecule has 1 atom stereocenters. The van der Waals surface area contributed by atoms with Crippen LogP contribution in [-0.4, -0.2) is 129 Å². The van der Waals surface area contributed by atoms with E-state index >= 15 is 0 Å². The number of aromatic hydroxyl groups is 12. The fraction of sp³-hybridized carbons (Fsp3) is 0.152. The zero-order valence-electron chi connectivity index (χ0n) is 48.1. The Morgan fingerprint density at radius 3 is 1.53 bits per heavy atom. The summed E-state index contributed by atoms with van der Waals surface area (Å²) in [4.78, 5) is 94.2. The lowest BCUT2D eigenvalue weighted by molar-refractivity contribution is -0.147. The zero-order valence-corrected chi connectivity index (χ0v) is 48.1. The number of hydrogen-bond donors (Lipinski definition) is 16. The van der Waals surface area contributed by atoms with Crippen molar-refractivity contribution in [1.29, 1.82) is 0 Å². The number of carboxylic acid groups (broad SMARTS) is 4. The highest BCUT2D eigenvalue weighted by Crippen LogP contribution is 2.40. The van der Waals surface area contributed by atoms with Gasteiger partial charge in [-0.3, -0.25) is 24.0 Å². The molecule has 0 bridgehead atoms.